The number of hydrogen-bond donors (Lipinski definition) is 1. The third kappa shape index (κ3) is 3.51. The van der Waals surface area contributed by atoms with E-state index in [4.69, 9.17) is 9.72 Å². The minimum Gasteiger partial charge on any atom is -0.378 e. The van der Waals surface area contributed by atoms with Crippen LogP contribution in [0, 0.1) is 0 Å². The van der Waals surface area contributed by atoms with Crippen LogP contribution in [0.4, 0.5) is 5.95 Å². The highest BCUT2D eigenvalue weighted by Crippen LogP contribution is 2.34. The van der Waals surface area contributed by atoms with E-state index in [9.17, 15) is 9.59 Å². The van der Waals surface area contributed by atoms with Gasteiger partial charge >= 0.3 is 0 Å². The lowest BCUT2D eigenvalue weighted by Gasteiger charge is -2.27. The van der Waals surface area contributed by atoms with Gasteiger partial charge in [0.1, 0.15) is 4.83 Å². The third-order valence-corrected chi connectivity index (χ3v) is 6.33. The molecule has 1 aliphatic heterocycles. The topological polar surface area (TPSA) is 76.5 Å². The van der Waals surface area contributed by atoms with Gasteiger partial charge in [-0.25, -0.2) is 4.98 Å². The SMILES string of the molecule is C=CCn1c(NCC(=O)N2CCOCC2)nc2sc3c(c2c1=O)CCCC3. The Morgan fingerprint density at radius 3 is 2.85 bits per heavy atom. The molecule has 8 heteroatoms. The molecule has 1 fully saturated rings. The van der Waals surface area contributed by atoms with Crippen LogP contribution in [0.2, 0.25) is 0 Å². The second kappa shape index (κ2) is 7.82. The molecule has 0 radical (unpaired) electrons. The first-order valence-electron chi connectivity index (χ1n) is 9.44. The average molecular weight is 388 g/mol. The highest BCUT2D eigenvalue weighted by Gasteiger charge is 2.22. The molecule has 2 aliphatic rings. The van der Waals surface area contributed by atoms with E-state index in [1.54, 1.807) is 26.9 Å². The molecule has 4 rings (SSSR count). The molecule has 1 saturated heterocycles. The Morgan fingerprint density at radius 1 is 1.30 bits per heavy atom. The summed E-state index contributed by atoms with van der Waals surface area (Å²) in [6, 6.07) is 0. The Labute approximate surface area is 161 Å². The molecule has 144 valence electrons. The molecule has 2 aromatic heterocycles. The quantitative estimate of drug-likeness (QED) is 0.791. The van der Waals surface area contributed by atoms with E-state index in [0.717, 1.165) is 29.5 Å². The number of fused-ring (bicyclic) bond motifs is 3. The molecule has 0 saturated carbocycles. The van der Waals surface area contributed by atoms with Gasteiger partial charge < -0.3 is 15.0 Å². The van der Waals surface area contributed by atoms with Crippen molar-refractivity contribution < 1.29 is 9.53 Å². The first-order chi connectivity index (χ1) is 13.2. The number of aromatic nitrogens is 2. The molecule has 7 nitrogen and oxygen atoms in total. The number of aryl methyl sites for hydroxylation is 2. The molecule has 0 unspecified atom stereocenters. The lowest BCUT2D eigenvalue weighted by molar-refractivity contribution is -0.133. The fourth-order valence-corrected chi connectivity index (χ4v) is 5.00. The van der Waals surface area contributed by atoms with Crippen molar-refractivity contribution in [3.05, 3.63) is 33.4 Å². The van der Waals surface area contributed by atoms with E-state index in [0.29, 0.717) is 38.8 Å². The average Bonchev–Trinajstić information content (AvgIpc) is 3.07. The predicted octanol–water partition coefficient (Wildman–Crippen LogP) is 1.79. The highest BCUT2D eigenvalue weighted by molar-refractivity contribution is 7.18. The van der Waals surface area contributed by atoms with Crippen LogP contribution in [0.1, 0.15) is 23.3 Å². The third-order valence-electron chi connectivity index (χ3n) is 5.15. The summed E-state index contributed by atoms with van der Waals surface area (Å²) in [4.78, 5) is 34.1. The van der Waals surface area contributed by atoms with E-state index in [1.165, 1.54) is 16.9 Å². The number of nitrogens with zero attached hydrogens (tertiary/aromatic N) is 3. The predicted molar refractivity (Wildman–Crippen MR) is 107 cm³/mol. The van der Waals surface area contributed by atoms with Crippen LogP contribution in [-0.4, -0.2) is 53.2 Å². The smallest absolute Gasteiger partial charge is 0.264 e. The highest BCUT2D eigenvalue weighted by atomic mass is 32.1. The summed E-state index contributed by atoms with van der Waals surface area (Å²) in [6.07, 6.45) is 5.94. The van der Waals surface area contributed by atoms with Gasteiger partial charge in [0.2, 0.25) is 11.9 Å². The number of carbonyl (C=O) groups is 1. The second-order valence-electron chi connectivity index (χ2n) is 6.88. The van der Waals surface area contributed by atoms with E-state index < -0.39 is 0 Å². The number of nitrogens with one attached hydrogen (secondary N) is 1. The van der Waals surface area contributed by atoms with E-state index >= 15 is 0 Å². The van der Waals surface area contributed by atoms with Gasteiger partial charge in [-0.2, -0.15) is 0 Å². The minimum atomic E-state index is -0.0411. The van der Waals surface area contributed by atoms with Crippen molar-refractivity contribution >= 4 is 33.4 Å². The van der Waals surface area contributed by atoms with E-state index in [2.05, 4.69) is 11.9 Å². The number of rotatable bonds is 5. The minimum absolute atomic E-state index is 0.0109. The van der Waals surface area contributed by atoms with Gasteiger partial charge in [-0.1, -0.05) is 6.08 Å². The fraction of sp³-hybridized carbons (Fsp3) is 0.526. The maximum atomic E-state index is 13.1. The van der Waals surface area contributed by atoms with Gasteiger partial charge in [0.25, 0.3) is 5.56 Å². The lowest BCUT2D eigenvalue weighted by Crippen LogP contribution is -2.43. The molecule has 0 bridgehead atoms. The number of thiophene rings is 1. The van der Waals surface area contributed by atoms with Gasteiger partial charge in [-0.15, -0.1) is 17.9 Å². The van der Waals surface area contributed by atoms with Gasteiger partial charge in [-0.05, 0) is 31.2 Å². The largest absolute Gasteiger partial charge is 0.378 e. The lowest BCUT2D eigenvalue weighted by atomic mass is 9.97. The van der Waals surface area contributed by atoms with Crippen molar-refractivity contribution in [2.45, 2.75) is 32.2 Å². The monoisotopic (exact) mass is 388 g/mol. The molecular weight excluding hydrogens is 364 g/mol. The van der Waals surface area contributed by atoms with E-state index in [1.807, 2.05) is 0 Å². The Hall–Kier alpha value is -2.19. The molecule has 3 heterocycles. The summed E-state index contributed by atoms with van der Waals surface area (Å²) < 4.78 is 6.87. The van der Waals surface area contributed by atoms with Crippen LogP contribution < -0.4 is 10.9 Å². The van der Waals surface area contributed by atoms with Crippen LogP contribution in [0.5, 0.6) is 0 Å². The Morgan fingerprint density at radius 2 is 2.07 bits per heavy atom. The molecule has 1 N–H and O–H groups in total. The van der Waals surface area contributed by atoms with Crippen LogP contribution in [0.3, 0.4) is 0 Å². The number of allylic oxidation sites excluding steroid dienone is 1. The number of carbonyl (C=O) groups excluding carboxylic acids is 1. The molecule has 27 heavy (non-hydrogen) atoms. The van der Waals surface area contributed by atoms with Crippen LogP contribution in [0.25, 0.3) is 10.2 Å². The van der Waals surface area contributed by atoms with Crippen LogP contribution in [0.15, 0.2) is 17.4 Å². The van der Waals surface area contributed by atoms with Gasteiger partial charge in [0.05, 0.1) is 25.1 Å². The van der Waals surface area contributed by atoms with Crippen molar-refractivity contribution in [3.8, 4) is 0 Å². The molecule has 0 spiro atoms. The number of hydrogen-bond acceptors (Lipinski definition) is 6. The molecule has 1 aliphatic carbocycles. The van der Waals surface area contributed by atoms with Crippen molar-refractivity contribution in [3.63, 3.8) is 0 Å². The Balaban J connectivity index is 1.64. The summed E-state index contributed by atoms with van der Waals surface area (Å²) in [7, 11) is 0. The molecule has 2 aromatic rings. The zero-order valence-corrected chi connectivity index (χ0v) is 16.1. The molecule has 0 atom stereocenters. The van der Waals surface area contributed by atoms with Crippen molar-refractivity contribution in [2.75, 3.05) is 38.2 Å². The summed E-state index contributed by atoms with van der Waals surface area (Å²) >= 11 is 1.62. The second-order valence-corrected chi connectivity index (χ2v) is 7.96. The van der Waals surface area contributed by atoms with Crippen LogP contribution in [-0.2, 0) is 28.9 Å². The summed E-state index contributed by atoms with van der Waals surface area (Å²) in [5.74, 6) is 0.427. The number of ether oxygens (including phenoxy) is 1. The summed E-state index contributed by atoms with van der Waals surface area (Å²) in [5, 5.41) is 3.84. The molecule has 0 aromatic carbocycles. The standard InChI is InChI=1S/C19H24N4O3S/c1-2-7-23-18(25)16-13-5-3-4-6-14(13)27-17(16)21-19(23)20-12-15(24)22-8-10-26-11-9-22/h2H,1,3-12H2,(H,20,21). The maximum absolute atomic E-state index is 13.1. The van der Waals surface area contributed by atoms with Gasteiger partial charge in [-0.3, -0.25) is 14.2 Å². The summed E-state index contributed by atoms with van der Waals surface area (Å²) in [6.45, 7) is 6.57. The zero-order chi connectivity index (χ0) is 18.8. The summed E-state index contributed by atoms with van der Waals surface area (Å²) in [5.41, 5.74) is 1.13. The zero-order valence-electron chi connectivity index (χ0n) is 15.3. The molecular formula is C19H24N4O3S. The fourth-order valence-electron chi connectivity index (χ4n) is 3.75. The molecule has 1 amide bonds. The number of anilines is 1. The van der Waals surface area contributed by atoms with Crippen molar-refractivity contribution in [1.29, 1.82) is 0 Å². The number of morpholine rings is 1. The van der Waals surface area contributed by atoms with Crippen LogP contribution >= 0.6 is 11.3 Å². The van der Waals surface area contributed by atoms with Crippen molar-refractivity contribution in [1.82, 2.24) is 14.5 Å². The normalized spacial score (nSPS) is 17.0. The van der Waals surface area contributed by atoms with Crippen molar-refractivity contribution in [2.24, 2.45) is 0 Å². The van der Waals surface area contributed by atoms with Gasteiger partial charge in [0.15, 0.2) is 0 Å². The first kappa shape index (κ1) is 18.2. The number of amides is 1. The Bertz CT molecular complexity index is 927. The Kier molecular flexibility index (Phi) is 5.27. The van der Waals surface area contributed by atoms with E-state index in [-0.39, 0.29) is 18.0 Å². The van der Waals surface area contributed by atoms with Gasteiger partial charge in [0, 0.05) is 24.5 Å². The maximum Gasteiger partial charge on any atom is 0.264 e. The first-order valence-corrected chi connectivity index (χ1v) is 10.3.